The van der Waals surface area contributed by atoms with Crippen LogP contribution in [0.25, 0.3) is 0 Å². The van der Waals surface area contributed by atoms with E-state index in [1.807, 2.05) is 61.5 Å². The van der Waals surface area contributed by atoms with Crippen molar-refractivity contribution in [1.29, 1.82) is 0 Å². The van der Waals surface area contributed by atoms with E-state index in [-0.39, 0.29) is 11.9 Å². The fraction of sp³-hybridized carbons (Fsp3) is 0.278. The van der Waals surface area contributed by atoms with Gasteiger partial charge in [-0.15, -0.1) is 0 Å². The van der Waals surface area contributed by atoms with Gasteiger partial charge in [0.05, 0.1) is 5.69 Å². The number of hydrogen-bond donors (Lipinski definition) is 2. The number of ether oxygens (including phenoxy) is 1. The molecule has 0 radical (unpaired) electrons. The minimum Gasteiger partial charge on any atom is -0.455 e. The highest BCUT2D eigenvalue weighted by molar-refractivity contribution is 5.85. The molecule has 0 aromatic heterocycles. The molecule has 2 N–H and O–H groups in total. The smallest absolute Gasteiger partial charge is 0.242 e. The average Bonchev–Trinajstić information content (AvgIpc) is 3.34. The van der Waals surface area contributed by atoms with Gasteiger partial charge in [-0.1, -0.05) is 30.3 Å². The Labute approximate surface area is 130 Å². The van der Waals surface area contributed by atoms with Crippen LogP contribution in [0.5, 0.6) is 11.5 Å². The van der Waals surface area contributed by atoms with Crippen LogP contribution in [0.3, 0.4) is 0 Å². The number of amides is 1. The molecule has 114 valence electrons. The lowest BCUT2D eigenvalue weighted by Gasteiger charge is -2.18. The molecule has 1 amide bonds. The predicted octanol–water partition coefficient (Wildman–Crippen LogP) is 3.56. The van der Waals surface area contributed by atoms with E-state index >= 15 is 0 Å². The van der Waals surface area contributed by atoms with E-state index in [2.05, 4.69) is 10.6 Å². The van der Waals surface area contributed by atoms with Crippen LogP contribution in [0, 0.1) is 0 Å². The van der Waals surface area contributed by atoms with Gasteiger partial charge < -0.3 is 15.4 Å². The quantitative estimate of drug-likeness (QED) is 0.857. The summed E-state index contributed by atoms with van der Waals surface area (Å²) in [6, 6.07) is 17.3. The van der Waals surface area contributed by atoms with Crippen molar-refractivity contribution < 1.29 is 9.53 Å². The molecule has 4 heteroatoms. The van der Waals surface area contributed by atoms with Crippen molar-refractivity contribution >= 4 is 11.6 Å². The van der Waals surface area contributed by atoms with Gasteiger partial charge >= 0.3 is 0 Å². The monoisotopic (exact) mass is 296 g/mol. The third-order valence-corrected chi connectivity index (χ3v) is 3.55. The Hall–Kier alpha value is -2.49. The Morgan fingerprint density at radius 2 is 1.77 bits per heavy atom. The zero-order chi connectivity index (χ0) is 15.4. The highest BCUT2D eigenvalue weighted by Crippen LogP contribution is 2.29. The molecule has 4 nitrogen and oxygen atoms in total. The Bertz CT molecular complexity index is 639. The SMILES string of the molecule is C[C@@H](Nc1ccccc1Oc1ccccc1)C(=O)NC1CC1. The summed E-state index contributed by atoms with van der Waals surface area (Å²) in [6.45, 7) is 1.86. The van der Waals surface area contributed by atoms with E-state index in [1.165, 1.54) is 0 Å². The summed E-state index contributed by atoms with van der Waals surface area (Å²) in [4.78, 5) is 12.1. The molecule has 0 bridgehead atoms. The molecule has 0 saturated heterocycles. The molecule has 1 aliphatic rings. The summed E-state index contributed by atoms with van der Waals surface area (Å²) in [7, 11) is 0. The third-order valence-electron chi connectivity index (χ3n) is 3.55. The van der Waals surface area contributed by atoms with E-state index in [1.54, 1.807) is 0 Å². The molecule has 2 aromatic rings. The summed E-state index contributed by atoms with van der Waals surface area (Å²) in [5, 5.41) is 6.23. The minimum absolute atomic E-state index is 0.0250. The van der Waals surface area contributed by atoms with Gasteiger partial charge in [-0.2, -0.15) is 0 Å². The average molecular weight is 296 g/mol. The molecular weight excluding hydrogens is 276 g/mol. The first-order valence-electron chi connectivity index (χ1n) is 7.61. The normalized spacial score (nSPS) is 15.0. The number of para-hydroxylation sites is 3. The maximum Gasteiger partial charge on any atom is 0.242 e. The summed E-state index contributed by atoms with van der Waals surface area (Å²) < 4.78 is 5.89. The molecule has 2 aromatic carbocycles. The number of anilines is 1. The van der Waals surface area contributed by atoms with Crippen LogP contribution >= 0.6 is 0 Å². The molecule has 0 spiro atoms. The molecule has 1 saturated carbocycles. The standard InChI is InChI=1S/C18H20N2O2/c1-13(18(21)20-14-11-12-14)19-16-9-5-6-10-17(16)22-15-7-3-2-4-8-15/h2-10,13-14,19H,11-12H2,1H3,(H,20,21)/t13-/m1/s1. The highest BCUT2D eigenvalue weighted by atomic mass is 16.5. The van der Waals surface area contributed by atoms with Crippen LogP contribution < -0.4 is 15.4 Å². The van der Waals surface area contributed by atoms with Crippen LogP contribution in [-0.4, -0.2) is 18.0 Å². The second-order valence-corrected chi connectivity index (χ2v) is 5.56. The van der Waals surface area contributed by atoms with Crippen LogP contribution in [-0.2, 0) is 4.79 Å². The van der Waals surface area contributed by atoms with Crippen molar-refractivity contribution in [3.8, 4) is 11.5 Å². The van der Waals surface area contributed by atoms with Crippen molar-refractivity contribution in [3.05, 3.63) is 54.6 Å². The van der Waals surface area contributed by atoms with E-state index in [0.717, 1.165) is 24.3 Å². The molecular formula is C18H20N2O2. The van der Waals surface area contributed by atoms with Crippen molar-refractivity contribution in [2.24, 2.45) is 0 Å². The highest BCUT2D eigenvalue weighted by Gasteiger charge is 2.25. The van der Waals surface area contributed by atoms with E-state index in [0.29, 0.717) is 11.8 Å². The van der Waals surface area contributed by atoms with Crippen LogP contribution in [0.1, 0.15) is 19.8 Å². The van der Waals surface area contributed by atoms with Crippen molar-refractivity contribution in [1.82, 2.24) is 5.32 Å². The lowest BCUT2D eigenvalue weighted by atomic mass is 10.2. The first kappa shape index (κ1) is 14.4. The van der Waals surface area contributed by atoms with Crippen molar-refractivity contribution in [2.75, 3.05) is 5.32 Å². The Morgan fingerprint density at radius 1 is 1.09 bits per heavy atom. The molecule has 3 rings (SSSR count). The van der Waals surface area contributed by atoms with Gasteiger partial charge in [0.25, 0.3) is 0 Å². The zero-order valence-electron chi connectivity index (χ0n) is 12.6. The Balaban J connectivity index is 1.69. The topological polar surface area (TPSA) is 50.4 Å². The number of nitrogens with one attached hydrogen (secondary N) is 2. The van der Waals surface area contributed by atoms with Crippen molar-refractivity contribution in [3.63, 3.8) is 0 Å². The Kier molecular flexibility index (Phi) is 4.28. The summed E-state index contributed by atoms with van der Waals surface area (Å²) >= 11 is 0. The number of rotatable bonds is 6. The van der Waals surface area contributed by atoms with Gasteiger partial charge in [0.1, 0.15) is 11.8 Å². The molecule has 0 heterocycles. The van der Waals surface area contributed by atoms with Crippen LogP contribution in [0.4, 0.5) is 5.69 Å². The largest absolute Gasteiger partial charge is 0.455 e. The lowest BCUT2D eigenvalue weighted by molar-refractivity contribution is -0.121. The van der Waals surface area contributed by atoms with E-state index < -0.39 is 0 Å². The lowest BCUT2D eigenvalue weighted by Crippen LogP contribution is -2.38. The molecule has 1 atom stereocenters. The minimum atomic E-state index is -0.305. The fourth-order valence-corrected chi connectivity index (χ4v) is 2.14. The fourth-order valence-electron chi connectivity index (χ4n) is 2.14. The second-order valence-electron chi connectivity index (χ2n) is 5.56. The van der Waals surface area contributed by atoms with Gasteiger partial charge in [-0.05, 0) is 44.0 Å². The van der Waals surface area contributed by atoms with Gasteiger partial charge in [0.2, 0.25) is 5.91 Å². The molecule has 1 aliphatic carbocycles. The van der Waals surface area contributed by atoms with Crippen molar-refractivity contribution in [2.45, 2.75) is 31.8 Å². The predicted molar refractivity (Wildman–Crippen MR) is 87.2 cm³/mol. The van der Waals surface area contributed by atoms with Gasteiger partial charge in [-0.25, -0.2) is 0 Å². The number of hydrogen-bond acceptors (Lipinski definition) is 3. The van der Waals surface area contributed by atoms with Crippen LogP contribution in [0.15, 0.2) is 54.6 Å². The molecule has 0 aliphatic heterocycles. The van der Waals surface area contributed by atoms with Gasteiger partial charge in [0.15, 0.2) is 5.75 Å². The first-order valence-corrected chi connectivity index (χ1v) is 7.61. The third kappa shape index (κ3) is 3.79. The zero-order valence-corrected chi connectivity index (χ0v) is 12.6. The van der Waals surface area contributed by atoms with Gasteiger partial charge in [-0.3, -0.25) is 4.79 Å². The summed E-state index contributed by atoms with van der Waals surface area (Å²) in [6.07, 6.45) is 2.18. The van der Waals surface area contributed by atoms with Crippen LogP contribution in [0.2, 0.25) is 0 Å². The number of benzene rings is 2. The maximum absolute atomic E-state index is 12.1. The van der Waals surface area contributed by atoms with E-state index in [4.69, 9.17) is 4.74 Å². The maximum atomic E-state index is 12.1. The van der Waals surface area contributed by atoms with E-state index in [9.17, 15) is 4.79 Å². The molecule has 1 fully saturated rings. The number of carbonyl (C=O) groups excluding carboxylic acids is 1. The second kappa shape index (κ2) is 6.52. The summed E-state index contributed by atoms with van der Waals surface area (Å²) in [5.74, 6) is 1.50. The summed E-state index contributed by atoms with van der Waals surface area (Å²) in [5.41, 5.74) is 0.810. The number of carbonyl (C=O) groups is 1. The first-order chi connectivity index (χ1) is 10.7. The molecule has 22 heavy (non-hydrogen) atoms. The van der Waals surface area contributed by atoms with Gasteiger partial charge in [0, 0.05) is 6.04 Å². The molecule has 0 unspecified atom stereocenters. The Morgan fingerprint density at radius 3 is 2.50 bits per heavy atom.